The minimum atomic E-state index is -0.864. The largest absolute Gasteiger partial charge is 0.478 e. The maximum atomic E-state index is 13.3. The molecule has 0 heterocycles. The molecule has 5 aliphatic rings. The Balaban J connectivity index is 1.23. The first-order valence-corrected chi connectivity index (χ1v) is 18.0. The van der Waals surface area contributed by atoms with E-state index in [4.69, 9.17) is 0 Å². The summed E-state index contributed by atoms with van der Waals surface area (Å²) in [4.78, 5) is 26.9. The number of nitrogens with zero attached hydrogens (tertiary/aromatic N) is 1. The van der Waals surface area contributed by atoms with E-state index in [2.05, 4.69) is 70.3 Å². The minimum absolute atomic E-state index is 0.0424. The molecule has 5 aliphatic carbocycles. The Morgan fingerprint density at radius 1 is 0.911 bits per heavy atom. The van der Waals surface area contributed by atoms with Crippen molar-refractivity contribution in [3.63, 3.8) is 0 Å². The van der Waals surface area contributed by atoms with Gasteiger partial charge >= 0.3 is 12.0 Å². The molecule has 6 heteroatoms. The van der Waals surface area contributed by atoms with Gasteiger partial charge in [-0.15, -0.1) is 0 Å². The summed E-state index contributed by atoms with van der Waals surface area (Å²) in [6.45, 7) is 14.6. The average molecular weight is 618 g/mol. The SMILES string of the molecule is CC1CCC2(NC(=O)NCCCN(C)C)CC[C@]3(C)C(CCC4C5(C)CC=C(c6ccc(C(=O)O)cc6)C(C)C5CCC43C)C12. The van der Waals surface area contributed by atoms with Crippen molar-refractivity contribution in [2.24, 2.45) is 51.8 Å². The second-order valence-electron chi connectivity index (χ2n) is 17.0. The summed E-state index contributed by atoms with van der Waals surface area (Å²) in [5.74, 6) is 2.78. The van der Waals surface area contributed by atoms with Crippen molar-refractivity contribution in [2.45, 2.75) is 104 Å². The second kappa shape index (κ2) is 11.7. The van der Waals surface area contributed by atoms with Gasteiger partial charge in [-0.2, -0.15) is 0 Å². The van der Waals surface area contributed by atoms with Gasteiger partial charge in [-0.3, -0.25) is 0 Å². The predicted octanol–water partition coefficient (Wildman–Crippen LogP) is 8.09. The normalized spacial score (nSPS) is 42.1. The summed E-state index contributed by atoms with van der Waals surface area (Å²) in [5.41, 5.74) is 3.73. The monoisotopic (exact) mass is 617 g/mol. The smallest absolute Gasteiger partial charge is 0.335 e. The van der Waals surface area contributed by atoms with Gasteiger partial charge in [-0.05, 0) is 160 Å². The molecular formula is C39H59N3O3. The van der Waals surface area contributed by atoms with Crippen molar-refractivity contribution in [3.05, 3.63) is 41.5 Å². The van der Waals surface area contributed by atoms with Crippen LogP contribution in [0, 0.1) is 51.8 Å². The molecule has 10 atom stereocenters. The van der Waals surface area contributed by atoms with Gasteiger partial charge < -0.3 is 20.6 Å². The van der Waals surface area contributed by atoms with Crippen LogP contribution < -0.4 is 10.6 Å². The van der Waals surface area contributed by atoms with Crippen LogP contribution in [0.25, 0.3) is 5.57 Å². The lowest BCUT2D eigenvalue weighted by atomic mass is 9.34. The Morgan fingerprint density at radius 2 is 1.64 bits per heavy atom. The van der Waals surface area contributed by atoms with Crippen molar-refractivity contribution in [3.8, 4) is 0 Å². The third-order valence-electron chi connectivity index (χ3n) is 14.8. The number of urea groups is 1. The third kappa shape index (κ3) is 5.16. The lowest BCUT2D eigenvalue weighted by Crippen LogP contribution is -2.68. The molecule has 45 heavy (non-hydrogen) atoms. The van der Waals surface area contributed by atoms with Gasteiger partial charge in [0.15, 0.2) is 0 Å². The highest BCUT2D eigenvalue weighted by molar-refractivity contribution is 5.88. The molecule has 6 nitrogen and oxygen atoms in total. The molecule has 1 aromatic rings. The topological polar surface area (TPSA) is 81.7 Å². The van der Waals surface area contributed by atoms with Crippen molar-refractivity contribution < 1.29 is 14.7 Å². The summed E-state index contributed by atoms with van der Waals surface area (Å²) >= 11 is 0. The van der Waals surface area contributed by atoms with E-state index >= 15 is 0 Å². The van der Waals surface area contributed by atoms with Crippen molar-refractivity contribution in [2.75, 3.05) is 27.2 Å². The first-order valence-electron chi connectivity index (χ1n) is 18.0. The Kier molecular flexibility index (Phi) is 8.49. The van der Waals surface area contributed by atoms with Crippen LogP contribution in [0.4, 0.5) is 4.79 Å². The first-order chi connectivity index (χ1) is 21.3. The molecule has 2 amide bonds. The number of benzene rings is 1. The van der Waals surface area contributed by atoms with Crippen LogP contribution in [-0.2, 0) is 0 Å². The van der Waals surface area contributed by atoms with Gasteiger partial charge in [0.05, 0.1) is 5.56 Å². The van der Waals surface area contributed by atoms with Gasteiger partial charge in [-0.1, -0.05) is 52.8 Å². The number of nitrogens with one attached hydrogen (secondary N) is 2. The number of carbonyl (C=O) groups excluding carboxylic acids is 1. The van der Waals surface area contributed by atoms with Crippen molar-refractivity contribution >= 4 is 17.6 Å². The maximum absolute atomic E-state index is 13.3. The molecule has 248 valence electrons. The quantitative estimate of drug-likeness (QED) is 0.270. The fourth-order valence-electron chi connectivity index (χ4n) is 12.5. The van der Waals surface area contributed by atoms with Crippen molar-refractivity contribution in [1.29, 1.82) is 0 Å². The Hall–Kier alpha value is -2.34. The highest BCUT2D eigenvalue weighted by Gasteiger charge is 2.69. The molecule has 4 fully saturated rings. The number of hydrogen-bond acceptors (Lipinski definition) is 3. The van der Waals surface area contributed by atoms with Crippen LogP contribution in [0.15, 0.2) is 30.3 Å². The third-order valence-corrected chi connectivity index (χ3v) is 14.8. The lowest BCUT2D eigenvalue weighted by molar-refractivity contribution is -0.213. The van der Waals surface area contributed by atoms with Crippen LogP contribution in [0.5, 0.6) is 0 Å². The zero-order chi connectivity index (χ0) is 32.4. The Morgan fingerprint density at radius 3 is 2.33 bits per heavy atom. The molecule has 0 aromatic heterocycles. The van der Waals surface area contributed by atoms with E-state index in [9.17, 15) is 14.7 Å². The van der Waals surface area contributed by atoms with Gasteiger partial charge in [0.1, 0.15) is 0 Å². The molecule has 0 aliphatic heterocycles. The Bertz CT molecular complexity index is 1320. The molecule has 9 unspecified atom stereocenters. The zero-order valence-electron chi connectivity index (χ0n) is 29.0. The fraction of sp³-hybridized carbons (Fsp3) is 0.744. The van der Waals surface area contributed by atoms with Gasteiger partial charge in [0.2, 0.25) is 0 Å². The molecule has 1 aromatic carbocycles. The number of hydrogen-bond donors (Lipinski definition) is 3. The average Bonchev–Trinajstić information content (AvgIpc) is 3.31. The van der Waals surface area contributed by atoms with Crippen molar-refractivity contribution in [1.82, 2.24) is 15.5 Å². The second-order valence-corrected chi connectivity index (χ2v) is 17.0. The maximum Gasteiger partial charge on any atom is 0.335 e. The van der Waals surface area contributed by atoms with E-state index < -0.39 is 5.97 Å². The summed E-state index contributed by atoms with van der Waals surface area (Å²) in [7, 11) is 4.16. The highest BCUT2D eigenvalue weighted by Crippen LogP contribution is 2.75. The molecule has 0 saturated heterocycles. The highest BCUT2D eigenvalue weighted by atomic mass is 16.4. The molecule has 0 bridgehead atoms. The van der Waals surface area contributed by atoms with E-state index in [1.54, 1.807) is 12.1 Å². The summed E-state index contributed by atoms with van der Waals surface area (Å²) in [6, 6.07) is 7.60. The number of rotatable bonds is 7. The number of carboxylic acids is 1. The van der Waals surface area contributed by atoms with Gasteiger partial charge in [0, 0.05) is 12.1 Å². The molecule has 0 radical (unpaired) electrons. The summed E-state index contributed by atoms with van der Waals surface area (Å²) < 4.78 is 0. The molecule has 4 saturated carbocycles. The lowest BCUT2D eigenvalue weighted by Gasteiger charge is -2.71. The van der Waals surface area contributed by atoms with Crippen LogP contribution in [0.2, 0.25) is 0 Å². The van der Waals surface area contributed by atoms with E-state index in [1.165, 1.54) is 49.7 Å². The van der Waals surface area contributed by atoms with E-state index in [-0.39, 0.29) is 27.8 Å². The molecule has 3 N–H and O–H groups in total. The van der Waals surface area contributed by atoms with E-state index in [1.807, 2.05) is 12.1 Å². The van der Waals surface area contributed by atoms with E-state index in [0.717, 1.165) is 38.8 Å². The number of carboxylic acid groups (broad SMARTS) is 1. The number of aromatic carboxylic acids is 1. The number of amides is 2. The number of carbonyl (C=O) groups is 2. The summed E-state index contributed by atoms with van der Waals surface area (Å²) in [6.07, 6.45) is 14.4. The van der Waals surface area contributed by atoms with Gasteiger partial charge in [-0.25, -0.2) is 9.59 Å². The zero-order valence-corrected chi connectivity index (χ0v) is 29.0. The molecular weight excluding hydrogens is 558 g/mol. The minimum Gasteiger partial charge on any atom is -0.478 e. The molecule has 0 spiro atoms. The fourth-order valence-corrected chi connectivity index (χ4v) is 12.5. The van der Waals surface area contributed by atoms with Gasteiger partial charge in [0.25, 0.3) is 0 Å². The van der Waals surface area contributed by atoms with Crippen LogP contribution >= 0.6 is 0 Å². The van der Waals surface area contributed by atoms with E-state index in [0.29, 0.717) is 41.1 Å². The Labute approximate surface area is 272 Å². The van der Waals surface area contributed by atoms with Crippen LogP contribution in [0.3, 0.4) is 0 Å². The first kappa shape index (κ1) is 32.6. The summed E-state index contributed by atoms with van der Waals surface area (Å²) in [5, 5.41) is 16.2. The standard InChI is InChI=1S/C39H59N3O3/c1-25-15-20-39(41-35(45)40-23-8-24-42(6)7)22-21-37(4)31(33(25)39)13-14-32-36(3)18-16-29(26(2)30(36)17-19-38(32,37)5)27-9-11-28(12-10-27)34(43)44/h9-12,16,25-26,30-33H,8,13-15,17-24H2,1-7H3,(H,43,44)(H2,40,41,45)/t25?,26?,30?,31?,32?,33?,36?,37-,38?,39?/m1/s1. The predicted molar refractivity (Wildman–Crippen MR) is 182 cm³/mol. The molecule has 6 rings (SSSR count). The number of fused-ring (bicyclic) bond motifs is 7. The number of allylic oxidation sites excluding steroid dienone is 2. The van der Waals surface area contributed by atoms with Crippen LogP contribution in [0.1, 0.15) is 115 Å². The van der Waals surface area contributed by atoms with Crippen LogP contribution in [-0.4, -0.2) is 54.7 Å².